The van der Waals surface area contributed by atoms with E-state index in [1.165, 1.54) is 17.7 Å². The number of carbonyl (C=O) groups excluding carboxylic acids is 1. The number of nitrogens with one attached hydrogen (secondary N) is 1. The van der Waals surface area contributed by atoms with Crippen molar-refractivity contribution >= 4 is 17.2 Å². The van der Waals surface area contributed by atoms with E-state index in [1.54, 1.807) is 11.3 Å². The van der Waals surface area contributed by atoms with Gasteiger partial charge < -0.3 is 11.1 Å². The molecular formula is C15H23N3OS. The van der Waals surface area contributed by atoms with E-state index in [0.717, 1.165) is 17.8 Å². The van der Waals surface area contributed by atoms with Gasteiger partial charge in [0.15, 0.2) is 0 Å². The lowest BCUT2D eigenvalue weighted by Crippen LogP contribution is -2.45. The van der Waals surface area contributed by atoms with Crippen LogP contribution in [0.1, 0.15) is 49.0 Å². The second kappa shape index (κ2) is 5.45. The first-order valence-electron chi connectivity index (χ1n) is 7.60. The zero-order valence-electron chi connectivity index (χ0n) is 12.1. The molecule has 3 N–H and O–H groups in total. The van der Waals surface area contributed by atoms with Gasteiger partial charge in [0.25, 0.3) is 0 Å². The highest BCUT2D eigenvalue weighted by molar-refractivity contribution is 7.11. The molecule has 0 radical (unpaired) electrons. The Morgan fingerprint density at radius 3 is 2.90 bits per heavy atom. The topological polar surface area (TPSA) is 68.0 Å². The number of carbonyl (C=O) groups is 1. The zero-order valence-corrected chi connectivity index (χ0v) is 13.0. The van der Waals surface area contributed by atoms with E-state index in [0.29, 0.717) is 11.8 Å². The third kappa shape index (κ3) is 2.37. The molecule has 2 fully saturated rings. The molecule has 2 aliphatic rings. The van der Waals surface area contributed by atoms with Gasteiger partial charge >= 0.3 is 0 Å². The molecule has 5 atom stereocenters. The summed E-state index contributed by atoms with van der Waals surface area (Å²) >= 11 is 1.68. The number of nitrogens with two attached hydrogens (primary N) is 1. The molecule has 2 bridgehead atoms. The highest BCUT2D eigenvalue weighted by Crippen LogP contribution is 2.47. The third-order valence-electron chi connectivity index (χ3n) is 4.93. The van der Waals surface area contributed by atoms with E-state index in [-0.39, 0.29) is 23.9 Å². The standard InChI is InChI=1S/C15H23N3OS/c1-3-11-7-17-15(20-11)8(2)18-14(19)12-9-4-5-10(6-9)13(12)16/h7-10,12-13H,3-6,16H2,1-2H3,(H,18,19). The number of aryl methyl sites for hydroxylation is 1. The van der Waals surface area contributed by atoms with E-state index in [1.807, 2.05) is 13.1 Å². The van der Waals surface area contributed by atoms with Gasteiger partial charge in [0, 0.05) is 17.1 Å². The molecule has 4 nitrogen and oxygen atoms in total. The molecule has 5 unspecified atom stereocenters. The van der Waals surface area contributed by atoms with Crippen LogP contribution in [0, 0.1) is 17.8 Å². The van der Waals surface area contributed by atoms with Crippen LogP contribution in [0.5, 0.6) is 0 Å². The first kappa shape index (κ1) is 14.0. The molecule has 5 heteroatoms. The average Bonchev–Trinajstić information content (AvgIpc) is 3.13. The molecule has 2 aliphatic carbocycles. The van der Waals surface area contributed by atoms with Crippen molar-refractivity contribution in [1.82, 2.24) is 10.3 Å². The summed E-state index contributed by atoms with van der Waals surface area (Å²) in [5, 5.41) is 4.11. The number of hydrogen-bond acceptors (Lipinski definition) is 4. The molecule has 1 aromatic rings. The first-order chi connectivity index (χ1) is 9.60. The van der Waals surface area contributed by atoms with Gasteiger partial charge in [-0.3, -0.25) is 4.79 Å². The van der Waals surface area contributed by atoms with Crippen molar-refractivity contribution in [3.8, 4) is 0 Å². The largest absolute Gasteiger partial charge is 0.347 e. The Kier molecular flexibility index (Phi) is 3.82. The number of nitrogens with zero attached hydrogens (tertiary/aromatic N) is 1. The molecule has 0 saturated heterocycles. The van der Waals surface area contributed by atoms with E-state index >= 15 is 0 Å². The Morgan fingerprint density at radius 1 is 1.55 bits per heavy atom. The quantitative estimate of drug-likeness (QED) is 0.894. The van der Waals surface area contributed by atoms with Crippen LogP contribution < -0.4 is 11.1 Å². The molecule has 20 heavy (non-hydrogen) atoms. The predicted octanol–water partition coefficient (Wildman–Crippen LogP) is 2.26. The smallest absolute Gasteiger partial charge is 0.225 e. The zero-order chi connectivity index (χ0) is 14.3. The van der Waals surface area contributed by atoms with E-state index in [9.17, 15) is 4.79 Å². The van der Waals surface area contributed by atoms with Crippen molar-refractivity contribution in [3.05, 3.63) is 16.1 Å². The summed E-state index contributed by atoms with van der Waals surface area (Å²) in [5.74, 6) is 1.22. The second-order valence-electron chi connectivity index (χ2n) is 6.18. The maximum atomic E-state index is 12.5. The summed E-state index contributed by atoms with van der Waals surface area (Å²) in [7, 11) is 0. The van der Waals surface area contributed by atoms with Crippen molar-refractivity contribution in [3.63, 3.8) is 0 Å². The highest BCUT2D eigenvalue weighted by Gasteiger charge is 2.49. The predicted molar refractivity (Wildman–Crippen MR) is 80.3 cm³/mol. The maximum absolute atomic E-state index is 12.5. The van der Waals surface area contributed by atoms with Crippen LogP contribution in [0.3, 0.4) is 0 Å². The van der Waals surface area contributed by atoms with Crippen molar-refractivity contribution in [2.45, 2.75) is 51.6 Å². The van der Waals surface area contributed by atoms with Crippen LogP contribution in [0.4, 0.5) is 0 Å². The molecule has 0 aromatic carbocycles. The molecule has 1 heterocycles. The minimum atomic E-state index is -0.0147. The van der Waals surface area contributed by atoms with Gasteiger partial charge in [0.05, 0.1) is 12.0 Å². The number of hydrogen-bond donors (Lipinski definition) is 2. The Bertz CT molecular complexity index is 499. The summed E-state index contributed by atoms with van der Waals surface area (Å²) in [4.78, 5) is 18.2. The fraction of sp³-hybridized carbons (Fsp3) is 0.733. The minimum absolute atomic E-state index is 0.0147. The van der Waals surface area contributed by atoms with E-state index in [2.05, 4.69) is 17.2 Å². The second-order valence-corrected chi connectivity index (χ2v) is 7.33. The highest BCUT2D eigenvalue weighted by atomic mass is 32.1. The lowest BCUT2D eigenvalue weighted by atomic mass is 9.84. The van der Waals surface area contributed by atoms with Gasteiger partial charge in [-0.1, -0.05) is 6.92 Å². The first-order valence-corrected chi connectivity index (χ1v) is 8.42. The fourth-order valence-corrected chi connectivity index (χ4v) is 4.64. The van der Waals surface area contributed by atoms with Gasteiger partial charge in [-0.25, -0.2) is 4.98 Å². The Morgan fingerprint density at radius 2 is 2.30 bits per heavy atom. The fourth-order valence-electron chi connectivity index (χ4n) is 3.78. The normalized spacial score (nSPS) is 33.4. The summed E-state index contributed by atoms with van der Waals surface area (Å²) in [6, 6.07) is 0.0441. The maximum Gasteiger partial charge on any atom is 0.225 e. The minimum Gasteiger partial charge on any atom is -0.347 e. The summed E-state index contributed by atoms with van der Waals surface area (Å²) in [5.41, 5.74) is 6.23. The SMILES string of the molecule is CCc1cnc(C(C)NC(=O)C2C3CCC(C3)C2N)s1. The van der Waals surface area contributed by atoms with Crippen LogP contribution in [-0.4, -0.2) is 16.9 Å². The Hall–Kier alpha value is -0.940. The molecule has 1 aromatic heterocycles. The molecule has 0 spiro atoms. The monoisotopic (exact) mass is 293 g/mol. The van der Waals surface area contributed by atoms with Gasteiger partial charge in [0.2, 0.25) is 5.91 Å². The number of rotatable bonds is 4. The number of aromatic nitrogens is 1. The van der Waals surface area contributed by atoms with Crippen LogP contribution in [-0.2, 0) is 11.2 Å². The van der Waals surface area contributed by atoms with Crippen molar-refractivity contribution in [2.75, 3.05) is 0 Å². The molecule has 1 amide bonds. The number of fused-ring (bicyclic) bond motifs is 2. The molecule has 110 valence electrons. The van der Waals surface area contributed by atoms with E-state index in [4.69, 9.17) is 5.73 Å². The third-order valence-corrected chi connectivity index (χ3v) is 6.26. The Balaban J connectivity index is 1.64. The summed E-state index contributed by atoms with van der Waals surface area (Å²) in [6.07, 6.45) is 6.42. The molecule has 2 saturated carbocycles. The van der Waals surface area contributed by atoms with Gasteiger partial charge in [0.1, 0.15) is 5.01 Å². The van der Waals surface area contributed by atoms with E-state index < -0.39 is 0 Å². The molecular weight excluding hydrogens is 270 g/mol. The average molecular weight is 293 g/mol. The van der Waals surface area contributed by atoms with Crippen LogP contribution in [0.2, 0.25) is 0 Å². The van der Waals surface area contributed by atoms with Crippen molar-refractivity contribution in [1.29, 1.82) is 0 Å². The number of thiazole rings is 1. The van der Waals surface area contributed by atoms with Crippen LogP contribution >= 0.6 is 11.3 Å². The van der Waals surface area contributed by atoms with Crippen molar-refractivity contribution in [2.24, 2.45) is 23.5 Å². The van der Waals surface area contributed by atoms with Gasteiger partial charge in [-0.15, -0.1) is 11.3 Å². The lowest BCUT2D eigenvalue weighted by molar-refractivity contribution is -0.127. The van der Waals surface area contributed by atoms with Crippen LogP contribution in [0.15, 0.2) is 6.20 Å². The van der Waals surface area contributed by atoms with Gasteiger partial charge in [-0.2, -0.15) is 0 Å². The summed E-state index contributed by atoms with van der Waals surface area (Å²) < 4.78 is 0. The van der Waals surface area contributed by atoms with Crippen molar-refractivity contribution < 1.29 is 4.79 Å². The molecule has 0 aliphatic heterocycles. The van der Waals surface area contributed by atoms with Crippen LogP contribution in [0.25, 0.3) is 0 Å². The summed E-state index contributed by atoms with van der Waals surface area (Å²) in [6.45, 7) is 4.13. The molecule has 3 rings (SSSR count). The lowest BCUT2D eigenvalue weighted by Gasteiger charge is -2.28. The Labute approximate surface area is 124 Å². The number of amides is 1. The van der Waals surface area contributed by atoms with Gasteiger partial charge in [-0.05, 0) is 44.4 Å².